The molecule has 6 saturated heterocycles. The van der Waals surface area contributed by atoms with Crippen LogP contribution < -0.4 is 45.6 Å². The van der Waals surface area contributed by atoms with Crippen LogP contribution in [-0.2, 0) is 133 Å². The molecule has 24 atom stereocenters. The molecule has 8 aromatic rings. The Balaban J connectivity index is 0.746. The van der Waals surface area contributed by atoms with Gasteiger partial charge in [-0.2, -0.15) is 15.0 Å². The maximum absolute atomic E-state index is 15.1. The molecule has 0 aliphatic carbocycles. The molecular weight excluding hydrogens is 1720 g/mol. The Kier molecular flexibility index (Phi) is 27.1. The number of aliphatic hydroxyl groups excluding tert-OH is 1. The minimum absolute atomic E-state index is 0.0506. The van der Waals surface area contributed by atoms with Gasteiger partial charge in [0.1, 0.15) is 114 Å². The number of methoxy groups -OCH3 is 3. The summed E-state index contributed by atoms with van der Waals surface area (Å²) in [5.74, 6) is -0.410. The lowest BCUT2D eigenvalue weighted by atomic mass is 9.94. The first kappa shape index (κ1) is 88.7. The van der Waals surface area contributed by atoms with Crippen molar-refractivity contribution in [1.29, 1.82) is 0 Å². The zero-order valence-corrected chi connectivity index (χ0v) is 70.2. The Bertz CT molecular complexity index is 5390. The second kappa shape index (κ2) is 36.3. The third-order valence-corrected chi connectivity index (χ3v) is 26.0. The predicted octanol–water partition coefficient (Wildman–Crippen LogP) is -0.901. The van der Waals surface area contributed by atoms with E-state index in [0.717, 1.165) is 15.5 Å². The average molecular weight is 1810 g/mol. The monoisotopic (exact) mass is 1810 g/mol. The minimum atomic E-state index is -5.63. The topological polar surface area (TPSA) is 653 Å². The standard InChI is InChI=1S/C62H87N21O29P4S3/c1-8-30-31(15-35(104-30)81-24-72-36-49(65)68-22-70-51(36)81)109-116(92,119)102-21-62-29(4)103-45(58(108-62)80-17-28(3)48(64)76-61(80)87)46(62)112-113(88,89)99-19-33-40(43(97-13-10-94-6)56(106-33)82-25-73-37-50(66)69-23-71-52(37)82)110-115(91,118)101-20-34-41(44(98-14-11-95-7)57(107-34)83-26-74-38-53(83)77-59(67)78-54(38)85)111-114(90,117)100-18-32-39(84)42(96-12-9-93-5)55(105-32)79-16-27(2)47(63)75-60(79)86/h16-17,22-26,29-35,39-46,55-58,84H,8-15,18-21H2,1-7H3,(H,88,89)(H,90,117)(H,91,118)(H,92,119)(H2,63,75,86)(H2,64,76,87)(H2,65,68,70)(H2,66,69,71)(H3,67,77,78,85)/t29-,30+,31?,32+,33+,34+,35+,39?,40?,41?,42-,43-,44-,45-,46?,55+,56+,57+,58+,62-,114?,115?,116?/m0/s1. The molecule has 50 nitrogen and oxygen atoms in total. The van der Waals surface area contributed by atoms with E-state index < -0.39 is 194 Å². The van der Waals surface area contributed by atoms with Crippen molar-refractivity contribution in [2.45, 2.75) is 163 Å². The van der Waals surface area contributed by atoms with Gasteiger partial charge < -0.3 is 128 Å². The summed E-state index contributed by atoms with van der Waals surface area (Å²) in [5, 5.41) is 11.8. The number of phosphoric acid groups is 1. The van der Waals surface area contributed by atoms with Crippen molar-refractivity contribution in [2.24, 2.45) is 0 Å². The third-order valence-electron chi connectivity index (χ3n) is 20.4. The number of nitrogens with one attached hydrogen (secondary N) is 1. The number of ether oxygens (including phenoxy) is 12. The van der Waals surface area contributed by atoms with E-state index >= 15 is 4.57 Å². The molecule has 6 aliphatic heterocycles. The summed E-state index contributed by atoms with van der Waals surface area (Å²) in [6.45, 7) is -11.6. The smallest absolute Gasteiger partial charge is 0.387 e. The molecule has 14 heterocycles. The van der Waals surface area contributed by atoms with Gasteiger partial charge in [0.25, 0.3) is 5.56 Å². The maximum Gasteiger partial charge on any atom is 0.472 e. The normalized spacial score (nSPS) is 30.9. The molecule has 0 spiro atoms. The van der Waals surface area contributed by atoms with E-state index in [-0.39, 0.29) is 97.6 Å². The Morgan fingerprint density at radius 1 is 0.538 bits per heavy atom. The van der Waals surface area contributed by atoms with Crippen molar-refractivity contribution in [1.82, 2.24) is 77.7 Å². The number of phosphoric ester groups is 1. The second-order valence-electron chi connectivity index (χ2n) is 27.9. The van der Waals surface area contributed by atoms with Crippen molar-refractivity contribution in [3.63, 3.8) is 0 Å². The summed E-state index contributed by atoms with van der Waals surface area (Å²) >= 11 is 17.2. The Morgan fingerprint density at radius 3 is 1.57 bits per heavy atom. The van der Waals surface area contributed by atoms with Crippen molar-refractivity contribution < 1.29 is 122 Å². The lowest BCUT2D eigenvalue weighted by molar-refractivity contribution is -0.216. The van der Waals surface area contributed by atoms with Gasteiger partial charge in [0.05, 0.1) is 103 Å². The van der Waals surface area contributed by atoms with Crippen LogP contribution in [0.4, 0.5) is 29.2 Å². The third kappa shape index (κ3) is 18.6. The molecule has 119 heavy (non-hydrogen) atoms. The van der Waals surface area contributed by atoms with E-state index in [0.29, 0.717) is 28.7 Å². The molecular formula is C62H87N21O29P4S3. The van der Waals surface area contributed by atoms with Crippen LogP contribution in [-0.4, -0.2) is 281 Å². The zero-order valence-electron chi connectivity index (χ0n) is 64.1. The van der Waals surface area contributed by atoms with Crippen LogP contribution in [0.15, 0.2) is 58.4 Å². The fraction of sp³-hybridized carbons (Fsp3) is 0.629. The molecule has 0 amide bonds. The Labute approximate surface area is 688 Å². The molecule has 0 radical (unpaired) electrons. The summed E-state index contributed by atoms with van der Waals surface area (Å²) < 4.78 is 144. The maximum atomic E-state index is 15.1. The average Bonchev–Trinajstić information content (AvgIpc) is 1.55. The number of fused-ring (bicyclic) bond motifs is 5. The number of imidazole rings is 3. The zero-order chi connectivity index (χ0) is 84.9. The molecule has 57 heteroatoms. The van der Waals surface area contributed by atoms with Crippen LogP contribution in [0.2, 0.25) is 0 Å². The molecule has 652 valence electrons. The highest BCUT2D eigenvalue weighted by atomic mass is 32.5. The van der Waals surface area contributed by atoms with Gasteiger partial charge in [0, 0.05) is 51.3 Å². The summed E-state index contributed by atoms with van der Waals surface area (Å²) in [5.41, 5.74) is 27.0. The van der Waals surface area contributed by atoms with E-state index in [1.807, 2.05) is 6.92 Å². The SMILES string of the molecule is CC[C@H]1O[C@@H](n2cnc3c(N)ncnc32)CC1OP(O)(=S)OC[C@]12O[C@@H](n3cc(C)c(N)nc3=O)[C@@H](O[C@H]1C)C2OP(=O)(O)OC[C@H]1O[C@@H](n2cnc3c(N)ncnc32)[C@@H](OCCOC)C1OP(O)(=S)OC[C@H]1O[C@@H](n2cnc3c(=O)[nH]c(N)nc32)[C@@H](OCCOC)C1OP(O)(=S)OC[C@H]1O[C@@H](n2cc(C)c(N)nc2=O)[C@@H](OCCOC)C1O. The second-order valence-corrected chi connectivity index (χ2v) is 37.7. The highest BCUT2D eigenvalue weighted by Gasteiger charge is 2.69. The highest BCUT2D eigenvalue weighted by Crippen LogP contribution is 2.60. The highest BCUT2D eigenvalue weighted by molar-refractivity contribution is 8.07. The van der Waals surface area contributed by atoms with Crippen LogP contribution in [0.5, 0.6) is 0 Å². The van der Waals surface area contributed by atoms with Gasteiger partial charge in [0.15, 0.2) is 59.0 Å². The van der Waals surface area contributed by atoms with E-state index in [1.54, 1.807) is 18.4 Å². The van der Waals surface area contributed by atoms with E-state index in [4.69, 9.17) is 157 Å². The van der Waals surface area contributed by atoms with Crippen molar-refractivity contribution >= 4 is 126 Å². The fourth-order valence-corrected chi connectivity index (χ4v) is 19.9. The van der Waals surface area contributed by atoms with Crippen molar-refractivity contribution in [3.8, 4) is 0 Å². The van der Waals surface area contributed by atoms with Crippen LogP contribution in [0.1, 0.15) is 69.0 Å². The molecule has 0 aromatic carbocycles. The largest absolute Gasteiger partial charge is 0.472 e. The van der Waals surface area contributed by atoms with Gasteiger partial charge in [-0.15, -0.1) is 0 Å². The molecule has 14 rings (SSSR count). The summed E-state index contributed by atoms with van der Waals surface area (Å²) in [4.78, 5) is 134. The number of hydrogen-bond acceptors (Lipinski definition) is 43. The number of nitrogens with zero attached hydrogens (tertiary/aromatic N) is 15. The fourth-order valence-electron chi connectivity index (χ4n) is 14.6. The number of aromatic nitrogens is 16. The van der Waals surface area contributed by atoms with Crippen LogP contribution in [0.25, 0.3) is 33.5 Å². The Morgan fingerprint density at radius 2 is 1.02 bits per heavy atom. The van der Waals surface area contributed by atoms with Crippen LogP contribution in [0, 0.1) is 13.8 Å². The molecule has 6 fully saturated rings. The number of hydrogen-bond donors (Lipinski definition) is 11. The number of aromatic amines is 1. The molecule has 6 aliphatic rings. The van der Waals surface area contributed by atoms with E-state index in [2.05, 4.69) is 54.8 Å². The summed E-state index contributed by atoms with van der Waals surface area (Å²) in [6, 6.07) is 0. The van der Waals surface area contributed by atoms with Gasteiger partial charge in [-0.25, -0.2) is 49.0 Å². The molecule has 0 saturated carbocycles. The first-order valence-electron chi connectivity index (χ1n) is 36.5. The number of aliphatic hydroxyl groups is 1. The number of nitrogen functional groups attached to an aromatic ring is 5. The summed E-state index contributed by atoms with van der Waals surface area (Å²) in [7, 11) is -1.43. The number of aryl methyl sites for hydroxylation is 2. The van der Waals surface area contributed by atoms with Gasteiger partial charge in [-0.1, -0.05) is 6.92 Å². The van der Waals surface area contributed by atoms with Gasteiger partial charge in [-0.05, 0) is 62.6 Å². The van der Waals surface area contributed by atoms with Crippen LogP contribution >= 0.6 is 28.0 Å². The Hall–Kier alpha value is -6.61. The van der Waals surface area contributed by atoms with Gasteiger partial charge in [0.2, 0.25) is 5.95 Å². The van der Waals surface area contributed by atoms with Crippen molar-refractivity contribution in [2.75, 3.05) is 116 Å². The first-order chi connectivity index (χ1) is 56.6. The lowest BCUT2D eigenvalue weighted by Gasteiger charge is -2.37. The predicted molar refractivity (Wildman–Crippen MR) is 419 cm³/mol. The molecule has 16 N–H and O–H groups in total. The number of anilines is 5. The molecule has 9 unspecified atom stereocenters. The lowest BCUT2D eigenvalue weighted by Crippen LogP contribution is -2.51. The minimum Gasteiger partial charge on any atom is -0.387 e. The van der Waals surface area contributed by atoms with Crippen molar-refractivity contribution in [3.05, 3.63) is 86.5 Å². The number of nitrogens with two attached hydrogens (primary N) is 5. The summed E-state index contributed by atoms with van der Waals surface area (Å²) in [6.07, 6.45) is -16.9. The molecule has 8 aromatic heterocycles. The molecule has 2 bridgehead atoms. The van der Waals surface area contributed by atoms with Gasteiger partial charge >= 0.3 is 39.4 Å². The number of H-pyrrole nitrogens is 1. The van der Waals surface area contributed by atoms with E-state index in [1.165, 1.54) is 75.1 Å². The van der Waals surface area contributed by atoms with Gasteiger partial charge in [-0.3, -0.25) is 50.7 Å². The van der Waals surface area contributed by atoms with Crippen LogP contribution in [0.3, 0.4) is 0 Å². The quantitative estimate of drug-likeness (QED) is 0.0165. The number of rotatable bonds is 38. The first-order valence-corrected chi connectivity index (χ1v) is 45.8. The van der Waals surface area contributed by atoms with E-state index in [9.17, 15) is 39.1 Å².